The molecule has 6 heteroatoms. The minimum Gasteiger partial charge on any atom is -0.456 e. The molecule has 0 saturated carbocycles. The lowest BCUT2D eigenvalue weighted by molar-refractivity contribution is 0.668. The highest BCUT2D eigenvalue weighted by atomic mass is 16.3. The van der Waals surface area contributed by atoms with Crippen molar-refractivity contribution in [2.45, 2.75) is 0 Å². The van der Waals surface area contributed by atoms with Gasteiger partial charge in [0.2, 0.25) is 5.95 Å². The van der Waals surface area contributed by atoms with E-state index in [0.29, 0.717) is 33.4 Å². The third-order valence-electron chi connectivity index (χ3n) is 9.30. The van der Waals surface area contributed by atoms with Gasteiger partial charge in [0.05, 0.1) is 23.4 Å². The second kappa shape index (κ2) is 10.7. The Balaban J connectivity index is 1.28. The number of benzene rings is 7. The highest BCUT2D eigenvalue weighted by Gasteiger charge is 2.22. The summed E-state index contributed by atoms with van der Waals surface area (Å²) < 4.78 is 92.9. The second-order valence-corrected chi connectivity index (χ2v) is 12.1. The standard InChI is InChI=1S/C45H26N4O2/c1-2-12-27(13-3-1)29-17-10-20-36-41(29)32-15-4-7-19-35(32)49(36)45-47-43(28-24-25-31-30-14-5-8-21-37(30)51-40(31)26-28)46-44(48-45)34-18-11-23-39-42(34)33-16-6-9-22-38(33)50-39/h1-26H/i1D,2D,3D,4D,7D,12D,13D,15D,19D. The summed E-state index contributed by atoms with van der Waals surface area (Å²) in [5.41, 5.74) is 4.20. The van der Waals surface area contributed by atoms with E-state index in [0.717, 1.165) is 27.1 Å². The van der Waals surface area contributed by atoms with Crippen LogP contribution in [-0.4, -0.2) is 19.5 Å². The summed E-state index contributed by atoms with van der Waals surface area (Å²) in [6.07, 6.45) is 0. The van der Waals surface area contributed by atoms with Crippen molar-refractivity contribution < 1.29 is 21.2 Å². The summed E-state index contributed by atoms with van der Waals surface area (Å²) in [6, 6.07) is 27.2. The van der Waals surface area contributed by atoms with E-state index >= 15 is 0 Å². The fourth-order valence-corrected chi connectivity index (χ4v) is 7.11. The Labute approximate surface area is 303 Å². The fourth-order valence-electron chi connectivity index (χ4n) is 7.11. The van der Waals surface area contributed by atoms with E-state index in [1.807, 2.05) is 84.9 Å². The molecule has 0 aliphatic carbocycles. The average molecular weight is 664 g/mol. The van der Waals surface area contributed by atoms with Crippen LogP contribution in [0.1, 0.15) is 12.3 Å². The maximum absolute atomic E-state index is 9.29. The predicted octanol–water partition coefficient (Wildman–Crippen LogP) is 11.8. The Bertz CT molecular complexity index is 3660. The summed E-state index contributed by atoms with van der Waals surface area (Å²) in [7, 11) is 0. The van der Waals surface area contributed by atoms with Crippen LogP contribution in [0.25, 0.3) is 106 Å². The lowest BCUT2D eigenvalue weighted by Gasteiger charge is -2.12. The zero-order valence-electron chi connectivity index (χ0n) is 35.4. The first-order valence-electron chi connectivity index (χ1n) is 20.7. The number of para-hydroxylation sites is 3. The van der Waals surface area contributed by atoms with E-state index in [1.54, 1.807) is 18.2 Å². The van der Waals surface area contributed by atoms with Gasteiger partial charge in [-0.2, -0.15) is 9.97 Å². The first-order valence-corrected chi connectivity index (χ1v) is 16.2. The van der Waals surface area contributed by atoms with Crippen molar-refractivity contribution in [3.05, 3.63) is 158 Å². The Morgan fingerprint density at radius 1 is 0.451 bits per heavy atom. The summed E-state index contributed by atoms with van der Waals surface area (Å²) in [5.74, 6) is 0.488. The molecule has 4 aromatic heterocycles. The molecule has 0 fully saturated rings. The molecule has 0 saturated heterocycles. The van der Waals surface area contributed by atoms with Crippen molar-refractivity contribution in [2.24, 2.45) is 0 Å². The van der Waals surface area contributed by atoms with Crippen molar-refractivity contribution in [1.82, 2.24) is 19.5 Å². The van der Waals surface area contributed by atoms with E-state index in [1.165, 1.54) is 4.57 Å². The molecule has 51 heavy (non-hydrogen) atoms. The maximum atomic E-state index is 9.29. The van der Waals surface area contributed by atoms with E-state index in [-0.39, 0.29) is 57.1 Å². The van der Waals surface area contributed by atoms with Crippen molar-refractivity contribution in [3.8, 4) is 39.9 Å². The lowest BCUT2D eigenvalue weighted by Crippen LogP contribution is -2.06. The summed E-state index contributed by atoms with van der Waals surface area (Å²) in [5, 5.41) is 3.74. The van der Waals surface area contributed by atoms with E-state index in [4.69, 9.17) is 33.4 Å². The van der Waals surface area contributed by atoms with Gasteiger partial charge in [0.1, 0.15) is 22.3 Å². The Morgan fingerprint density at radius 3 is 2.04 bits per heavy atom. The number of hydrogen-bond donors (Lipinski definition) is 0. The molecule has 4 heterocycles. The molecular weight excluding hydrogens is 629 g/mol. The number of furan rings is 2. The minimum absolute atomic E-state index is 0.00717. The van der Waals surface area contributed by atoms with Crippen LogP contribution in [0.2, 0.25) is 0 Å². The van der Waals surface area contributed by atoms with Crippen LogP contribution in [0.4, 0.5) is 0 Å². The predicted molar refractivity (Wildman–Crippen MR) is 205 cm³/mol. The van der Waals surface area contributed by atoms with Gasteiger partial charge in [0.15, 0.2) is 11.6 Å². The molecule has 0 atom stereocenters. The highest BCUT2D eigenvalue weighted by molar-refractivity contribution is 6.16. The molecule has 238 valence electrons. The van der Waals surface area contributed by atoms with E-state index < -0.39 is 42.3 Å². The molecule has 0 aliphatic rings. The molecule has 0 N–H and O–H groups in total. The number of aromatic nitrogens is 4. The van der Waals surface area contributed by atoms with Gasteiger partial charge in [0.25, 0.3) is 0 Å². The van der Waals surface area contributed by atoms with Crippen molar-refractivity contribution in [2.75, 3.05) is 0 Å². The summed E-state index contributed by atoms with van der Waals surface area (Å²) in [4.78, 5) is 15.1. The van der Waals surface area contributed by atoms with Gasteiger partial charge in [-0.1, -0.05) is 115 Å². The van der Waals surface area contributed by atoms with Crippen molar-refractivity contribution >= 4 is 65.7 Å². The van der Waals surface area contributed by atoms with Crippen LogP contribution in [0.5, 0.6) is 0 Å². The van der Waals surface area contributed by atoms with Gasteiger partial charge in [-0.15, -0.1) is 0 Å². The SMILES string of the molecule is [2H]c1c([2H])c([2H])c(-c2cccc3c2c2c([2H])c([2H])c([2H])c([2H])c2n3-c2nc(-c3ccc4c(c3)oc3ccccc34)nc(-c3cccc4oc5ccccc5c34)n2)c([2H])c1[2H]. The zero-order chi connectivity index (χ0) is 41.3. The van der Waals surface area contributed by atoms with Gasteiger partial charge in [-0.3, -0.25) is 4.57 Å². The normalized spacial score (nSPS) is 14.4. The van der Waals surface area contributed by atoms with E-state index in [2.05, 4.69) is 0 Å². The molecule has 11 rings (SSSR count). The minimum atomic E-state index is -0.559. The van der Waals surface area contributed by atoms with Gasteiger partial charge in [0, 0.05) is 43.4 Å². The molecule has 0 amide bonds. The number of nitrogens with zero attached hydrogens (tertiary/aromatic N) is 4. The Morgan fingerprint density at radius 2 is 1.14 bits per heavy atom. The maximum Gasteiger partial charge on any atom is 0.238 e. The summed E-state index contributed by atoms with van der Waals surface area (Å²) >= 11 is 0. The Kier molecular flexibility index (Phi) is 4.30. The Hall–Kier alpha value is -7.05. The molecule has 11 aromatic rings. The van der Waals surface area contributed by atoms with Crippen LogP contribution in [0.15, 0.2) is 166 Å². The molecule has 0 spiro atoms. The van der Waals surface area contributed by atoms with Gasteiger partial charge in [-0.05, 0) is 53.6 Å². The molecule has 6 nitrogen and oxygen atoms in total. The quantitative estimate of drug-likeness (QED) is 0.187. The third-order valence-corrected chi connectivity index (χ3v) is 9.30. The smallest absolute Gasteiger partial charge is 0.238 e. The van der Waals surface area contributed by atoms with Gasteiger partial charge in [-0.25, -0.2) is 4.98 Å². The molecule has 0 radical (unpaired) electrons. The van der Waals surface area contributed by atoms with Crippen molar-refractivity contribution in [1.29, 1.82) is 0 Å². The second-order valence-electron chi connectivity index (χ2n) is 12.1. The topological polar surface area (TPSA) is 69.9 Å². The molecule has 7 aromatic carbocycles. The third kappa shape index (κ3) is 4.20. The van der Waals surface area contributed by atoms with Crippen molar-refractivity contribution in [3.63, 3.8) is 0 Å². The fraction of sp³-hybridized carbons (Fsp3) is 0. The number of hydrogen-bond acceptors (Lipinski definition) is 5. The van der Waals surface area contributed by atoms with E-state index in [9.17, 15) is 2.74 Å². The lowest BCUT2D eigenvalue weighted by atomic mass is 9.99. The molecule has 0 aliphatic heterocycles. The molecular formula is C45H26N4O2. The average Bonchev–Trinajstić information content (AvgIpc) is 3.96. The van der Waals surface area contributed by atoms with Crippen LogP contribution in [0, 0.1) is 0 Å². The first-order chi connectivity index (χ1) is 29.0. The largest absolute Gasteiger partial charge is 0.456 e. The first kappa shape index (κ1) is 20.5. The molecule has 0 bridgehead atoms. The van der Waals surface area contributed by atoms with Crippen LogP contribution >= 0.6 is 0 Å². The monoisotopic (exact) mass is 663 g/mol. The highest BCUT2D eigenvalue weighted by Crippen LogP contribution is 2.40. The van der Waals surface area contributed by atoms with Gasteiger partial charge >= 0.3 is 0 Å². The summed E-state index contributed by atoms with van der Waals surface area (Å²) in [6.45, 7) is 0. The number of rotatable bonds is 4. The number of fused-ring (bicyclic) bond motifs is 9. The van der Waals surface area contributed by atoms with Crippen LogP contribution in [-0.2, 0) is 0 Å². The van der Waals surface area contributed by atoms with Gasteiger partial charge < -0.3 is 8.83 Å². The van der Waals surface area contributed by atoms with Crippen LogP contribution < -0.4 is 0 Å². The molecule has 0 unspecified atom stereocenters. The van der Waals surface area contributed by atoms with Crippen LogP contribution in [0.3, 0.4) is 0 Å². The zero-order valence-corrected chi connectivity index (χ0v) is 26.4.